The van der Waals surface area contributed by atoms with Gasteiger partial charge in [0.25, 0.3) is 5.91 Å². The summed E-state index contributed by atoms with van der Waals surface area (Å²) in [7, 11) is 1.48. The monoisotopic (exact) mass is 219 g/mol. The van der Waals surface area contributed by atoms with Gasteiger partial charge >= 0.3 is 0 Å². The van der Waals surface area contributed by atoms with E-state index in [9.17, 15) is 4.79 Å². The minimum absolute atomic E-state index is 0.116. The van der Waals surface area contributed by atoms with Gasteiger partial charge in [0.1, 0.15) is 5.60 Å². The zero-order valence-corrected chi connectivity index (χ0v) is 9.69. The minimum atomic E-state index is -0.871. The molecule has 0 aliphatic heterocycles. The Morgan fingerprint density at radius 1 is 1.33 bits per heavy atom. The van der Waals surface area contributed by atoms with Gasteiger partial charge in [-0.2, -0.15) is 0 Å². The second-order valence-corrected chi connectivity index (χ2v) is 3.53. The molecule has 15 heavy (non-hydrogen) atoms. The van der Waals surface area contributed by atoms with Gasteiger partial charge in [0.15, 0.2) is 0 Å². The summed E-state index contributed by atoms with van der Waals surface area (Å²) in [6, 6.07) is 0. The lowest BCUT2D eigenvalue weighted by molar-refractivity contribution is -0.154. The molecule has 1 unspecified atom stereocenters. The molecular formula is C10H21NO4. The summed E-state index contributed by atoms with van der Waals surface area (Å²) in [5.41, 5.74) is -0.871. The highest BCUT2D eigenvalue weighted by Crippen LogP contribution is 2.17. The Hall–Kier alpha value is -0.650. The van der Waals surface area contributed by atoms with Gasteiger partial charge in [0.05, 0.1) is 13.2 Å². The first-order chi connectivity index (χ1) is 7.05. The fraction of sp³-hybridized carbons (Fsp3) is 0.900. The zero-order valence-electron chi connectivity index (χ0n) is 9.69. The number of hydrogen-bond donors (Lipinski definition) is 2. The molecule has 0 aliphatic carbocycles. The van der Waals surface area contributed by atoms with Crippen LogP contribution in [-0.2, 0) is 9.53 Å². The molecule has 0 bridgehead atoms. The summed E-state index contributed by atoms with van der Waals surface area (Å²) in [5, 5.41) is 17.6. The molecule has 0 saturated carbocycles. The van der Waals surface area contributed by atoms with Crippen molar-refractivity contribution < 1.29 is 19.7 Å². The maximum absolute atomic E-state index is 12.0. The Balaban J connectivity index is 4.59. The molecular weight excluding hydrogens is 198 g/mol. The van der Waals surface area contributed by atoms with E-state index in [2.05, 4.69) is 0 Å². The number of hydrogen-bond acceptors (Lipinski definition) is 4. The Bertz CT molecular complexity index is 186. The number of rotatable bonds is 7. The van der Waals surface area contributed by atoms with E-state index in [1.165, 1.54) is 12.0 Å². The summed E-state index contributed by atoms with van der Waals surface area (Å²) in [5.74, 6) is -0.199. The van der Waals surface area contributed by atoms with Crippen molar-refractivity contribution in [1.29, 1.82) is 0 Å². The molecule has 5 nitrogen and oxygen atoms in total. The van der Waals surface area contributed by atoms with Crippen LogP contribution in [0.3, 0.4) is 0 Å². The number of carbonyl (C=O) groups is 1. The summed E-state index contributed by atoms with van der Waals surface area (Å²) >= 11 is 0. The summed E-state index contributed by atoms with van der Waals surface area (Å²) in [6.07, 6.45) is 0.551. The first-order valence-corrected chi connectivity index (χ1v) is 5.12. The van der Waals surface area contributed by atoms with Gasteiger partial charge in [-0.05, 0) is 13.3 Å². The molecule has 0 fully saturated rings. The summed E-state index contributed by atoms with van der Waals surface area (Å²) in [6.45, 7) is 3.77. The molecule has 2 N–H and O–H groups in total. The highest BCUT2D eigenvalue weighted by molar-refractivity contribution is 5.84. The fourth-order valence-electron chi connectivity index (χ4n) is 1.27. The Labute approximate surface area is 90.6 Å². The van der Waals surface area contributed by atoms with Crippen molar-refractivity contribution in [2.75, 3.05) is 33.4 Å². The predicted molar refractivity (Wildman–Crippen MR) is 56.5 cm³/mol. The van der Waals surface area contributed by atoms with Crippen LogP contribution in [0.4, 0.5) is 0 Å². The van der Waals surface area contributed by atoms with E-state index < -0.39 is 5.60 Å². The third-order valence-electron chi connectivity index (χ3n) is 2.60. The van der Waals surface area contributed by atoms with Gasteiger partial charge in [-0.15, -0.1) is 0 Å². The van der Waals surface area contributed by atoms with E-state index in [1.54, 1.807) is 6.92 Å². The largest absolute Gasteiger partial charge is 0.395 e. The number of aliphatic hydroxyl groups is 2. The summed E-state index contributed by atoms with van der Waals surface area (Å²) in [4.78, 5) is 13.4. The van der Waals surface area contributed by atoms with Crippen LogP contribution in [0.25, 0.3) is 0 Å². The van der Waals surface area contributed by atoms with Crippen molar-refractivity contribution in [3.63, 3.8) is 0 Å². The molecule has 0 spiro atoms. The Morgan fingerprint density at radius 3 is 2.07 bits per heavy atom. The average molecular weight is 219 g/mol. The Kier molecular flexibility index (Phi) is 6.47. The van der Waals surface area contributed by atoms with Crippen LogP contribution in [0.15, 0.2) is 0 Å². The maximum atomic E-state index is 12.0. The van der Waals surface area contributed by atoms with Gasteiger partial charge in [0.2, 0.25) is 0 Å². The van der Waals surface area contributed by atoms with Crippen molar-refractivity contribution >= 4 is 5.91 Å². The molecule has 5 heteroatoms. The van der Waals surface area contributed by atoms with E-state index in [-0.39, 0.29) is 32.2 Å². The van der Waals surface area contributed by atoms with Gasteiger partial charge in [-0.1, -0.05) is 6.92 Å². The van der Waals surface area contributed by atoms with Crippen LogP contribution in [0, 0.1) is 0 Å². The van der Waals surface area contributed by atoms with E-state index in [1.807, 2.05) is 6.92 Å². The second kappa shape index (κ2) is 6.76. The summed E-state index contributed by atoms with van der Waals surface area (Å²) < 4.78 is 5.17. The molecule has 0 aliphatic rings. The van der Waals surface area contributed by atoms with Crippen molar-refractivity contribution in [2.24, 2.45) is 0 Å². The van der Waals surface area contributed by atoms with Gasteiger partial charge < -0.3 is 19.8 Å². The third-order valence-corrected chi connectivity index (χ3v) is 2.60. The van der Waals surface area contributed by atoms with E-state index in [0.29, 0.717) is 6.42 Å². The number of aliphatic hydroxyl groups excluding tert-OH is 2. The molecule has 0 radical (unpaired) electrons. The molecule has 1 atom stereocenters. The number of ether oxygens (including phenoxy) is 1. The molecule has 0 rings (SSSR count). The van der Waals surface area contributed by atoms with E-state index in [4.69, 9.17) is 14.9 Å². The Morgan fingerprint density at radius 2 is 1.80 bits per heavy atom. The maximum Gasteiger partial charge on any atom is 0.254 e. The normalized spacial score (nSPS) is 14.7. The van der Waals surface area contributed by atoms with Crippen LogP contribution in [0.1, 0.15) is 20.3 Å². The second-order valence-electron chi connectivity index (χ2n) is 3.53. The van der Waals surface area contributed by atoms with Crippen molar-refractivity contribution in [1.82, 2.24) is 4.90 Å². The van der Waals surface area contributed by atoms with Gasteiger partial charge in [-0.25, -0.2) is 0 Å². The standard InChI is InChI=1S/C10H21NO4/c1-4-10(2,15-3)9(14)11(5-7-12)6-8-13/h12-13H,4-8H2,1-3H3. The van der Waals surface area contributed by atoms with E-state index in [0.717, 1.165) is 0 Å². The lowest BCUT2D eigenvalue weighted by Crippen LogP contribution is -2.49. The number of nitrogens with zero attached hydrogens (tertiary/aromatic N) is 1. The highest BCUT2D eigenvalue weighted by Gasteiger charge is 2.34. The fourth-order valence-corrected chi connectivity index (χ4v) is 1.27. The first kappa shape index (κ1) is 14.3. The topological polar surface area (TPSA) is 70.0 Å². The van der Waals surface area contributed by atoms with Crippen molar-refractivity contribution in [3.8, 4) is 0 Å². The van der Waals surface area contributed by atoms with Gasteiger partial charge in [-0.3, -0.25) is 4.79 Å². The zero-order chi connectivity index (χ0) is 11.9. The van der Waals surface area contributed by atoms with Crippen LogP contribution in [-0.4, -0.2) is 60.0 Å². The molecule has 0 aromatic rings. The SMILES string of the molecule is CCC(C)(OC)C(=O)N(CCO)CCO. The molecule has 0 saturated heterocycles. The third kappa shape index (κ3) is 3.77. The molecule has 90 valence electrons. The molecule has 1 amide bonds. The van der Waals surface area contributed by atoms with Crippen molar-refractivity contribution in [2.45, 2.75) is 25.9 Å². The number of methoxy groups -OCH3 is 1. The highest BCUT2D eigenvalue weighted by atomic mass is 16.5. The quantitative estimate of drug-likeness (QED) is 0.612. The predicted octanol–water partition coefficient (Wildman–Crippen LogP) is -0.385. The number of amides is 1. The van der Waals surface area contributed by atoms with Gasteiger partial charge in [0, 0.05) is 20.2 Å². The number of carbonyl (C=O) groups excluding carboxylic acids is 1. The van der Waals surface area contributed by atoms with E-state index >= 15 is 0 Å². The first-order valence-electron chi connectivity index (χ1n) is 5.12. The van der Waals surface area contributed by atoms with Crippen molar-refractivity contribution in [3.05, 3.63) is 0 Å². The molecule has 0 heterocycles. The van der Waals surface area contributed by atoms with Crippen LogP contribution < -0.4 is 0 Å². The lowest BCUT2D eigenvalue weighted by atomic mass is 10.0. The lowest BCUT2D eigenvalue weighted by Gasteiger charge is -2.32. The average Bonchev–Trinajstić information content (AvgIpc) is 2.26. The molecule has 0 aromatic heterocycles. The van der Waals surface area contributed by atoms with Crippen LogP contribution in [0.5, 0.6) is 0 Å². The van der Waals surface area contributed by atoms with Crippen LogP contribution in [0.2, 0.25) is 0 Å². The van der Waals surface area contributed by atoms with Crippen LogP contribution >= 0.6 is 0 Å². The minimum Gasteiger partial charge on any atom is -0.395 e. The molecule has 0 aromatic carbocycles. The smallest absolute Gasteiger partial charge is 0.254 e.